The van der Waals surface area contributed by atoms with E-state index in [-0.39, 0.29) is 0 Å². The van der Waals surface area contributed by atoms with Crippen LogP contribution in [0.1, 0.15) is 0 Å². The van der Waals surface area contributed by atoms with Crippen LogP contribution in [0.5, 0.6) is 5.75 Å². The largest absolute Gasteiger partial charge is 0.496 e. The first kappa shape index (κ1) is 10.9. The molecular weight excluding hydrogens is 250 g/mol. The SMILES string of the molecule is COc1ccc(-c2nncs2)cc1-c1cnco1. The fourth-order valence-corrected chi connectivity index (χ4v) is 2.23. The van der Waals surface area contributed by atoms with Crippen molar-refractivity contribution in [2.75, 3.05) is 7.11 Å². The van der Waals surface area contributed by atoms with E-state index in [1.54, 1.807) is 18.8 Å². The fraction of sp³-hybridized carbons (Fsp3) is 0.0833. The molecule has 18 heavy (non-hydrogen) atoms. The second-order valence-electron chi connectivity index (χ2n) is 3.52. The Morgan fingerprint density at radius 2 is 2.28 bits per heavy atom. The predicted molar refractivity (Wildman–Crippen MR) is 67.4 cm³/mol. The third-order valence-electron chi connectivity index (χ3n) is 2.50. The molecule has 0 fully saturated rings. The zero-order valence-electron chi connectivity index (χ0n) is 9.53. The van der Waals surface area contributed by atoms with Gasteiger partial charge < -0.3 is 9.15 Å². The molecule has 3 aromatic rings. The summed E-state index contributed by atoms with van der Waals surface area (Å²) in [7, 11) is 1.62. The van der Waals surface area contributed by atoms with E-state index in [9.17, 15) is 0 Å². The summed E-state index contributed by atoms with van der Waals surface area (Å²) in [6.45, 7) is 0. The summed E-state index contributed by atoms with van der Waals surface area (Å²) in [5, 5.41) is 8.74. The summed E-state index contributed by atoms with van der Waals surface area (Å²) in [5.41, 5.74) is 3.53. The van der Waals surface area contributed by atoms with Crippen LogP contribution < -0.4 is 4.74 Å². The number of rotatable bonds is 3. The lowest BCUT2D eigenvalue weighted by Gasteiger charge is -2.07. The zero-order chi connectivity index (χ0) is 12.4. The number of methoxy groups -OCH3 is 1. The summed E-state index contributed by atoms with van der Waals surface area (Å²) in [4.78, 5) is 3.92. The first-order valence-electron chi connectivity index (χ1n) is 5.22. The van der Waals surface area contributed by atoms with Crippen LogP contribution >= 0.6 is 11.3 Å². The smallest absolute Gasteiger partial charge is 0.181 e. The molecular formula is C12H9N3O2S. The maximum atomic E-state index is 5.32. The minimum atomic E-state index is 0.665. The molecule has 0 spiro atoms. The highest BCUT2D eigenvalue weighted by Crippen LogP contribution is 2.34. The molecule has 3 rings (SSSR count). The van der Waals surface area contributed by atoms with Crippen LogP contribution in [0.3, 0.4) is 0 Å². The van der Waals surface area contributed by atoms with Crippen LogP contribution in [-0.4, -0.2) is 22.3 Å². The molecule has 0 atom stereocenters. The van der Waals surface area contributed by atoms with E-state index in [2.05, 4.69) is 15.2 Å². The van der Waals surface area contributed by atoms with Gasteiger partial charge in [-0.2, -0.15) is 0 Å². The molecule has 6 heteroatoms. The van der Waals surface area contributed by atoms with E-state index in [1.807, 2.05) is 18.2 Å². The molecule has 0 aliphatic rings. The number of aromatic nitrogens is 3. The summed E-state index contributed by atoms with van der Waals surface area (Å²) in [6, 6.07) is 5.79. The lowest BCUT2D eigenvalue weighted by molar-refractivity contribution is 0.414. The normalized spacial score (nSPS) is 10.5. The number of benzene rings is 1. The Kier molecular flexibility index (Phi) is 2.77. The van der Waals surface area contributed by atoms with Crippen molar-refractivity contribution in [3.05, 3.63) is 36.3 Å². The fourth-order valence-electron chi connectivity index (χ4n) is 1.68. The van der Waals surface area contributed by atoms with Crippen LogP contribution in [-0.2, 0) is 0 Å². The molecule has 0 unspecified atom stereocenters. The van der Waals surface area contributed by atoms with E-state index >= 15 is 0 Å². The zero-order valence-corrected chi connectivity index (χ0v) is 10.3. The van der Waals surface area contributed by atoms with Gasteiger partial charge >= 0.3 is 0 Å². The Morgan fingerprint density at radius 3 is 2.94 bits per heavy atom. The van der Waals surface area contributed by atoms with E-state index in [0.29, 0.717) is 5.76 Å². The van der Waals surface area contributed by atoms with E-state index in [4.69, 9.17) is 9.15 Å². The van der Waals surface area contributed by atoms with Gasteiger partial charge in [0, 0.05) is 5.56 Å². The summed E-state index contributed by atoms with van der Waals surface area (Å²) < 4.78 is 10.6. The van der Waals surface area contributed by atoms with Gasteiger partial charge in [-0.05, 0) is 18.2 Å². The molecule has 90 valence electrons. The molecule has 0 radical (unpaired) electrons. The quantitative estimate of drug-likeness (QED) is 0.723. The third kappa shape index (κ3) is 1.86. The van der Waals surface area contributed by atoms with Crippen molar-refractivity contribution >= 4 is 11.3 Å². The standard InChI is InChI=1S/C12H9N3O2S/c1-16-10-3-2-8(12-15-14-7-18-12)4-9(10)11-5-13-6-17-11/h2-7H,1H3. The second kappa shape index (κ2) is 4.58. The van der Waals surface area contributed by atoms with Crippen molar-refractivity contribution in [1.29, 1.82) is 0 Å². The van der Waals surface area contributed by atoms with Gasteiger partial charge in [-0.15, -0.1) is 10.2 Å². The third-order valence-corrected chi connectivity index (χ3v) is 3.24. The summed E-state index contributed by atoms with van der Waals surface area (Å²) >= 11 is 1.49. The van der Waals surface area contributed by atoms with Crippen molar-refractivity contribution in [2.45, 2.75) is 0 Å². The first-order valence-corrected chi connectivity index (χ1v) is 6.10. The number of hydrogen-bond acceptors (Lipinski definition) is 6. The van der Waals surface area contributed by atoms with Gasteiger partial charge in [0.15, 0.2) is 12.2 Å². The van der Waals surface area contributed by atoms with Crippen molar-refractivity contribution in [3.63, 3.8) is 0 Å². The van der Waals surface area contributed by atoms with Gasteiger partial charge in [0.05, 0.1) is 18.9 Å². The van der Waals surface area contributed by atoms with Crippen LogP contribution in [0, 0.1) is 0 Å². The molecule has 0 amide bonds. The monoisotopic (exact) mass is 259 g/mol. The van der Waals surface area contributed by atoms with Crippen molar-refractivity contribution in [3.8, 4) is 27.6 Å². The molecule has 0 N–H and O–H groups in total. The van der Waals surface area contributed by atoms with Crippen LogP contribution in [0.15, 0.2) is 40.7 Å². The average molecular weight is 259 g/mol. The van der Waals surface area contributed by atoms with Crippen LogP contribution in [0.2, 0.25) is 0 Å². The highest BCUT2D eigenvalue weighted by Gasteiger charge is 2.12. The Labute approximate surface area is 107 Å². The Bertz CT molecular complexity index is 635. The van der Waals surface area contributed by atoms with E-state index < -0.39 is 0 Å². The van der Waals surface area contributed by atoms with Gasteiger partial charge in [0.2, 0.25) is 0 Å². The Morgan fingerprint density at radius 1 is 1.33 bits per heavy atom. The lowest BCUT2D eigenvalue weighted by atomic mass is 10.1. The molecule has 0 aliphatic heterocycles. The minimum absolute atomic E-state index is 0.665. The molecule has 2 aromatic heterocycles. The molecule has 2 heterocycles. The first-order chi connectivity index (χ1) is 8.88. The van der Waals surface area contributed by atoms with Gasteiger partial charge in [0.1, 0.15) is 16.3 Å². The molecule has 0 saturated carbocycles. The van der Waals surface area contributed by atoms with Crippen molar-refractivity contribution in [2.24, 2.45) is 0 Å². The lowest BCUT2D eigenvalue weighted by Crippen LogP contribution is -1.88. The number of oxazole rings is 1. The maximum Gasteiger partial charge on any atom is 0.181 e. The van der Waals surface area contributed by atoms with Crippen LogP contribution in [0.4, 0.5) is 0 Å². The molecule has 0 bridgehead atoms. The molecule has 0 aliphatic carbocycles. The molecule has 1 aromatic carbocycles. The maximum absolute atomic E-state index is 5.32. The van der Waals surface area contributed by atoms with Gasteiger partial charge in [-0.3, -0.25) is 0 Å². The Balaban J connectivity index is 2.14. The number of ether oxygens (including phenoxy) is 1. The van der Waals surface area contributed by atoms with E-state index in [1.165, 1.54) is 17.7 Å². The highest BCUT2D eigenvalue weighted by atomic mass is 32.1. The highest BCUT2D eigenvalue weighted by molar-refractivity contribution is 7.12. The van der Waals surface area contributed by atoms with Crippen molar-refractivity contribution < 1.29 is 9.15 Å². The topological polar surface area (TPSA) is 61.0 Å². The number of hydrogen-bond donors (Lipinski definition) is 0. The second-order valence-corrected chi connectivity index (χ2v) is 4.36. The number of nitrogens with zero attached hydrogens (tertiary/aromatic N) is 3. The summed E-state index contributed by atoms with van der Waals surface area (Å²) in [6.07, 6.45) is 3.05. The van der Waals surface area contributed by atoms with Crippen LogP contribution in [0.25, 0.3) is 21.9 Å². The van der Waals surface area contributed by atoms with Gasteiger partial charge in [0.25, 0.3) is 0 Å². The summed E-state index contributed by atoms with van der Waals surface area (Å²) in [5.74, 6) is 1.40. The molecule has 5 nitrogen and oxygen atoms in total. The van der Waals surface area contributed by atoms with Gasteiger partial charge in [-0.25, -0.2) is 4.98 Å². The predicted octanol–water partition coefficient (Wildman–Crippen LogP) is 2.87. The van der Waals surface area contributed by atoms with Gasteiger partial charge in [-0.1, -0.05) is 11.3 Å². The molecule has 0 saturated heterocycles. The Hall–Kier alpha value is -2.21. The average Bonchev–Trinajstić information content (AvgIpc) is 3.11. The van der Waals surface area contributed by atoms with E-state index in [0.717, 1.165) is 21.9 Å². The van der Waals surface area contributed by atoms with Crippen molar-refractivity contribution in [1.82, 2.24) is 15.2 Å². The minimum Gasteiger partial charge on any atom is -0.496 e.